The van der Waals surface area contributed by atoms with Crippen LogP contribution in [-0.4, -0.2) is 13.2 Å². The van der Waals surface area contributed by atoms with E-state index in [1.54, 1.807) is 0 Å². The molecule has 18 heavy (non-hydrogen) atoms. The van der Waals surface area contributed by atoms with Crippen molar-refractivity contribution in [1.82, 2.24) is 0 Å². The smallest absolute Gasteiger partial charge is 0.294 e. The van der Waals surface area contributed by atoms with Gasteiger partial charge in [0.15, 0.2) is 0 Å². The third-order valence-corrected chi connectivity index (χ3v) is 2.32. The van der Waals surface area contributed by atoms with Gasteiger partial charge in [-0.05, 0) is 18.1 Å². The molecule has 3 heteroatoms. The molecule has 0 spiro atoms. The van der Waals surface area contributed by atoms with Gasteiger partial charge in [-0.25, -0.2) is 0 Å². The number of carbonyl (C=O) groups excluding carboxylic acids is 1. The molecule has 0 saturated carbocycles. The van der Waals surface area contributed by atoms with E-state index in [-0.39, 0.29) is 6.73 Å². The number of ether oxygens (including phenoxy) is 1. The van der Waals surface area contributed by atoms with Crippen molar-refractivity contribution in [3.05, 3.63) is 60.2 Å². The predicted octanol–water partition coefficient (Wildman–Crippen LogP) is 2.74. The van der Waals surface area contributed by atoms with Crippen LogP contribution in [0, 0.1) is 6.92 Å². The van der Waals surface area contributed by atoms with Crippen LogP contribution in [0.5, 0.6) is 0 Å². The van der Waals surface area contributed by atoms with Crippen molar-refractivity contribution in [1.29, 1.82) is 0 Å². The van der Waals surface area contributed by atoms with Crippen LogP contribution in [0.15, 0.2) is 54.6 Å². The van der Waals surface area contributed by atoms with Crippen LogP contribution >= 0.6 is 0 Å². The van der Waals surface area contributed by atoms with E-state index in [0.717, 1.165) is 0 Å². The Morgan fingerprint density at radius 3 is 2.00 bits per heavy atom. The van der Waals surface area contributed by atoms with Gasteiger partial charge >= 0.3 is 0 Å². The second-order valence-electron chi connectivity index (χ2n) is 3.66. The first kappa shape index (κ1) is 13.9. The maximum absolute atomic E-state index is 9.10. The minimum atomic E-state index is -0.0243. The zero-order valence-electron chi connectivity index (χ0n) is 10.4. The fourth-order valence-corrected chi connectivity index (χ4v) is 1.42. The zero-order chi connectivity index (χ0) is 13.2. The molecule has 0 aliphatic heterocycles. The Bertz CT molecular complexity index is 452. The minimum absolute atomic E-state index is 0.0243. The van der Waals surface area contributed by atoms with Crippen LogP contribution < -0.4 is 5.73 Å². The maximum Gasteiger partial charge on any atom is 0.294 e. The van der Waals surface area contributed by atoms with E-state index in [4.69, 9.17) is 4.79 Å². The van der Waals surface area contributed by atoms with Crippen LogP contribution in [0.25, 0.3) is 11.1 Å². The molecule has 0 saturated heterocycles. The van der Waals surface area contributed by atoms with Crippen LogP contribution in [0.1, 0.15) is 5.56 Å². The van der Waals surface area contributed by atoms with Gasteiger partial charge in [-0.1, -0.05) is 60.2 Å². The highest BCUT2D eigenvalue weighted by atomic mass is 16.5. The van der Waals surface area contributed by atoms with Crippen molar-refractivity contribution in [3.8, 4) is 11.1 Å². The number of hydrogen-bond acceptors (Lipinski definition) is 3. The standard InChI is InChI=1S/C13H12.C2H5NO2/c1-11-7-9-13(10-8-11)12-5-3-2-4-6-12;3-1-5-2-4/h2-10H,1H3;2H,1,3H2. The maximum atomic E-state index is 9.10. The molecule has 2 rings (SSSR count). The molecular formula is C15H17NO2. The SMILES string of the molecule is Cc1ccc(-c2ccccc2)cc1.NCOC=O. The number of carbonyl (C=O) groups is 1. The second-order valence-corrected chi connectivity index (χ2v) is 3.66. The molecule has 0 heterocycles. The number of rotatable bonds is 3. The van der Waals surface area contributed by atoms with Gasteiger partial charge in [0.25, 0.3) is 6.47 Å². The normalized spacial score (nSPS) is 9.00. The lowest BCUT2D eigenvalue weighted by Crippen LogP contribution is -2.01. The van der Waals surface area contributed by atoms with Crippen molar-refractivity contribution in [2.45, 2.75) is 6.92 Å². The summed E-state index contributed by atoms with van der Waals surface area (Å²) < 4.78 is 3.93. The molecule has 0 bridgehead atoms. The van der Waals surface area contributed by atoms with E-state index in [0.29, 0.717) is 6.47 Å². The largest absolute Gasteiger partial charge is 0.452 e. The lowest BCUT2D eigenvalue weighted by Gasteiger charge is -2.00. The van der Waals surface area contributed by atoms with Crippen molar-refractivity contribution in [3.63, 3.8) is 0 Å². The molecule has 2 aromatic carbocycles. The summed E-state index contributed by atoms with van der Waals surface area (Å²) >= 11 is 0. The van der Waals surface area contributed by atoms with Crippen molar-refractivity contribution in [2.24, 2.45) is 5.73 Å². The second kappa shape index (κ2) is 8.03. The number of aryl methyl sites for hydroxylation is 1. The lowest BCUT2D eigenvalue weighted by atomic mass is 10.0. The summed E-state index contributed by atoms with van der Waals surface area (Å²) in [6.07, 6.45) is 0. The van der Waals surface area contributed by atoms with Gasteiger partial charge in [-0.3, -0.25) is 10.5 Å². The zero-order valence-corrected chi connectivity index (χ0v) is 10.4. The van der Waals surface area contributed by atoms with Crippen LogP contribution in [-0.2, 0) is 9.53 Å². The molecule has 0 unspecified atom stereocenters. The van der Waals surface area contributed by atoms with Crippen LogP contribution in [0.4, 0.5) is 0 Å². The quantitative estimate of drug-likeness (QED) is 0.666. The highest BCUT2D eigenvalue weighted by molar-refractivity contribution is 5.63. The Hall–Kier alpha value is -2.13. The van der Waals surface area contributed by atoms with Gasteiger partial charge in [-0.2, -0.15) is 0 Å². The average molecular weight is 243 g/mol. The fraction of sp³-hybridized carbons (Fsp3) is 0.133. The van der Waals surface area contributed by atoms with Gasteiger partial charge < -0.3 is 4.74 Å². The minimum Gasteiger partial charge on any atom is -0.452 e. The van der Waals surface area contributed by atoms with E-state index in [2.05, 4.69) is 65.9 Å². The Labute approximate surface area is 107 Å². The van der Waals surface area contributed by atoms with Crippen molar-refractivity contribution in [2.75, 3.05) is 6.73 Å². The average Bonchev–Trinajstić information content (AvgIpc) is 2.42. The summed E-state index contributed by atoms with van der Waals surface area (Å²) in [4.78, 5) is 9.10. The van der Waals surface area contributed by atoms with E-state index in [1.165, 1.54) is 16.7 Å². The van der Waals surface area contributed by atoms with E-state index < -0.39 is 0 Å². The highest BCUT2D eigenvalue weighted by Gasteiger charge is 1.93. The molecular weight excluding hydrogens is 226 g/mol. The van der Waals surface area contributed by atoms with Gasteiger partial charge in [0.1, 0.15) is 6.73 Å². The third kappa shape index (κ3) is 4.80. The summed E-state index contributed by atoms with van der Waals surface area (Å²) in [7, 11) is 0. The molecule has 0 aliphatic rings. The highest BCUT2D eigenvalue weighted by Crippen LogP contribution is 2.18. The molecule has 3 nitrogen and oxygen atoms in total. The van der Waals surface area contributed by atoms with Gasteiger partial charge in [-0.15, -0.1) is 0 Å². The molecule has 0 amide bonds. The molecule has 0 aliphatic carbocycles. The van der Waals surface area contributed by atoms with Crippen LogP contribution in [0.3, 0.4) is 0 Å². The summed E-state index contributed by atoms with van der Waals surface area (Å²) in [6.45, 7) is 2.39. The summed E-state index contributed by atoms with van der Waals surface area (Å²) in [5, 5.41) is 0. The summed E-state index contributed by atoms with van der Waals surface area (Å²) in [6, 6.07) is 19.0. The Balaban J connectivity index is 0.000000280. The first-order valence-corrected chi connectivity index (χ1v) is 5.65. The van der Waals surface area contributed by atoms with Crippen molar-refractivity contribution >= 4 is 6.47 Å². The van der Waals surface area contributed by atoms with E-state index in [9.17, 15) is 0 Å². The van der Waals surface area contributed by atoms with Crippen LogP contribution in [0.2, 0.25) is 0 Å². The molecule has 0 aromatic heterocycles. The summed E-state index contributed by atoms with van der Waals surface area (Å²) in [5.41, 5.74) is 8.55. The molecule has 2 N–H and O–H groups in total. The van der Waals surface area contributed by atoms with E-state index in [1.807, 2.05) is 6.07 Å². The van der Waals surface area contributed by atoms with Crippen molar-refractivity contribution < 1.29 is 9.53 Å². The molecule has 0 atom stereocenters. The third-order valence-electron chi connectivity index (χ3n) is 2.32. The molecule has 0 fully saturated rings. The number of benzene rings is 2. The fourth-order valence-electron chi connectivity index (χ4n) is 1.42. The van der Waals surface area contributed by atoms with E-state index >= 15 is 0 Å². The summed E-state index contributed by atoms with van der Waals surface area (Å²) in [5.74, 6) is 0. The Kier molecular flexibility index (Phi) is 6.22. The Morgan fingerprint density at radius 2 is 1.56 bits per heavy atom. The molecule has 0 radical (unpaired) electrons. The monoisotopic (exact) mass is 243 g/mol. The predicted molar refractivity (Wildman–Crippen MR) is 72.8 cm³/mol. The van der Waals surface area contributed by atoms with Gasteiger partial charge in [0.2, 0.25) is 0 Å². The number of nitrogens with two attached hydrogens (primary N) is 1. The molecule has 94 valence electrons. The van der Waals surface area contributed by atoms with Gasteiger partial charge in [0, 0.05) is 0 Å². The topological polar surface area (TPSA) is 52.3 Å². The Morgan fingerprint density at radius 1 is 1.00 bits per heavy atom. The first-order valence-electron chi connectivity index (χ1n) is 5.65. The lowest BCUT2D eigenvalue weighted by molar-refractivity contribution is -0.128. The first-order chi connectivity index (χ1) is 8.77. The molecule has 2 aromatic rings. The van der Waals surface area contributed by atoms with Gasteiger partial charge in [0.05, 0.1) is 0 Å². The number of hydrogen-bond donors (Lipinski definition) is 1.